The van der Waals surface area contributed by atoms with E-state index < -0.39 is 5.91 Å². The molecule has 0 bridgehead atoms. The van der Waals surface area contributed by atoms with E-state index in [-0.39, 0.29) is 0 Å². The number of carbonyl (C=O) groups excluding carboxylic acids is 1. The Labute approximate surface area is 163 Å². The number of para-hydroxylation sites is 1. The van der Waals surface area contributed by atoms with Crippen molar-refractivity contribution in [3.63, 3.8) is 0 Å². The van der Waals surface area contributed by atoms with Gasteiger partial charge >= 0.3 is 0 Å². The molecule has 5 N–H and O–H groups in total. The van der Waals surface area contributed by atoms with E-state index in [1.807, 2.05) is 24.3 Å². The number of primary amides is 1. The smallest absolute Gasteiger partial charge is 0.252 e. The van der Waals surface area contributed by atoms with E-state index >= 15 is 0 Å². The zero-order valence-electron chi connectivity index (χ0n) is 16.0. The average Bonchev–Trinajstić information content (AvgIpc) is 2.71. The Bertz CT molecular complexity index is 1000. The van der Waals surface area contributed by atoms with Crippen LogP contribution in [0.4, 0.5) is 11.4 Å². The minimum Gasteiger partial charge on any atom is -0.493 e. The molecule has 0 spiro atoms. The monoisotopic (exact) mass is 380 g/mol. The van der Waals surface area contributed by atoms with Crippen LogP contribution in [-0.2, 0) is 6.42 Å². The summed E-state index contributed by atoms with van der Waals surface area (Å²) in [6, 6.07) is 11.5. The molecule has 28 heavy (non-hydrogen) atoms. The molecule has 0 radical (unpaired) electrons. The second-order valence-corrected chi connectivity index (χ2v) is 6.20. The normalized spacial score (nSPS) is 10.7. The summed E-state index contributed by atoms with van der Waals surface area (Å²) < 4.78 is 11.1. The molecule has 146 valence electrons. The van der Waals surface area contributed by atoms with Gasteiger partial charge in [0.15, 0.2) is 11.5 Å². The zero-order valence-corrected chi connectivity index (χ0v) is 16.0. The maximum absolute atomic E-state index is 12.1. The lowest BCUT2D eigenvalue weighted by molar-refractivity contribution is 0.100. The Kier molecular flexibility index (Phi) is 5.96. The third-order valence-electron chi connectivity index (χ3n) is 4.45. The largest absolute Gasteiger partial charge is 0.493 e. The number of benzene rings is 2. The number of hydrogen-bond donors (Lipinski definition) is 3. The van der Waals surface area contributed by atoms with Crippen molar-refractivity contribution in [2.24, 2.45) is 11.5 Å². The Morgan fingerprint density at radius 1 is 1.21 bits per heavy atom. The van der Waals surface area contributed by atoms with Gasteiger partial charge < -0.3 is 26.3 Å². The Hall–Kier alpha value is -3.32. The fourth-order valence-corrected chi connectivity index (χ4v) is 3.05. The number of fused-ring (bicyclic) bond motifs is 1. The number of nitrogens with two attached hydrogens (primary N) is 2. The summed E-state index contributed by atoms with van der Waals surface area (Å²) in [5.41, 5.74) is 14.7. The van der Waals surface area contributed by atoms with Crippen LogP contribution in [0.3, 0.4) is 0 Å². The highest BCUT2D eigenvalue weighted by atomic mass is 16.5. The predicted octanol–water partition coefficient (Wildman–Crippen LogP) is 2.99. The maximum atomic E-state index is 12.1. The van der Waals surface area contributed by atoms with Gasteiger partial charge in [-0.2, -0.15) is 0 Å². The number of rotatable bonds is 8. The molecular formula is C21H24N4O3. The van der Waals surface area contributed by atoms with Gasteiger partial charge in [-0.1, -0.05) is 25.1 Å². The molecule has 7 heteroatoms. The number of nitrogens with zero attached hydrogens (tertiary/aromatic N) is 1. The molecule has 0 fully saturated rings. The molecule has 0 aliphatic carbocycles. The van der Waals surface area contributed by atoms with Gasteiger partial charge in [-0.25, -0.2) is 0 Å². The first-order valence-electron chi connectivity index (χ1n) is 9.07. The van der Waals surface area contributed by atoms with E-state index in [0.29, 0.717) is 46.8 Å². The molecule has 0 saturated heterocycles. The first-order chi connectivity index (χ1) is 13.6. The van der Waals surface area contributed by atoms with Crippen LogP contribution >= 0.6 is 0 Å². The number of methoxy groups -OCH3 is 1. The summed E-state index contributed by atoms with van der Waals surface area (Å²) in [7, 11) is 1.56. The zero-order chi connectivity index (χ0) is 20.1. The molecule has 0 aliphatic heterocycles. The molecule has 3 aromatic rings. The van der Waals surface area contributed by atoms with Crippen molar-refractivity contribution in [1.82, 2.24) is 4.98 Å². The molecule has 2 aromatic carbocycles. The third-order valence-corrected chi connectivity index (χ3v) is 4.45. The lowest BCUT2D eigenvalue weighted by Gasteiger charge is -2.17. The highest BCUT2D eigenvalue weighted by Gasteiger charge is 2.17. The number of ether oxygens (including phenoxy) is 2. The van der Waals surface area contributed by atoms with E-state index in [2.05, 4.69) is 17.2 Å². The molecule has 1 amide bonds. The first-order valence-corrected chi connectivity index (χ1v) is 9.07. The Morgan fingerprint density at radius 3 is 2.68 bits per heavy atom. The molecule has 0 saturated carbocycles. The standard InChI is InChI=1S/C21H24N4O3/c1-3-13-6-4-5-7-16(13)25-20-14-10-19(28-9-8-22)18(27-2)11-17(14)24-12-15(20)21(23)26/h4-7,10-12H,3,8-9,22H2,1-2H3,(H2,23,26)(H,24,25). The predicted molar refractivity (Wildman–Crippen MR) is 110 cm³/mol. The topological polar surface area (TPSA) is 112 Å². The van der Waals surface area contributed by atoms with Crippen molar-refractivity contribution in [3.8, 4) is 11.5 Å². The van der Waals surface area contributed by atoms with Gasteiger partial charge in [-0.15, -0.1) is 0 Å². The van der Waals surface area contributed by atoms with Crippen molar-refractivity contribution in [2.45, 2.75) is 13.3 Å². The van der Waals surface area contributed by atoms with Crippen LogP contribution in [0.1, 0.15) is 22.8 Å². The van der Waals surface area contributed by atoms with Gasteiger partial charge in [-0.05, 0) is 24.1 Å². The molecule has 3 rings (SSSR count). The van der Waals surface area contributed by atoms with Crippen LogP contribution in [0.5, 0.6) is 11.5 Å². The van der Waals surface area contributed by atoms with Gasteiger partial charge in [-0.3, -0.25) is 9.78 Å². The van der Waals surface area contributed by atoms with Crippen LogP contribution in [0.2, 0.25) is 0 Å². The number of aromatic nitrogens is 1. The second kappa shape index (κ2) is 8.58. The third kappa shape index (κ3) is 3.84. The Morgan fingerprint density at radius 2 is 2.00 bits per heavy atom. The Balaban J connectivity index is 2.21. The summed E-state index contributed by atoms with van der Waals surface area (Å²) in [5.74, 6) is 0.502. The van der Waals surface area contributed by atoms with E-state index in [1.165, 1.54) is 6.20 Å². The summed E-state index contributed by atoms with van der Waals surface area (Å²) in [4.78, 5) is 16.4. The van der Waals surface area contributed by atoms with Crippen molar-refractivity contribution in [1.29, 1.82) is 0 Å². The number of hydrogen-bond acceptors (Lipinski definition) is 6. The molecule has 0 aliphatic rings. The quantitative estimate of drug-likeness (QED) is 0.554. The minimum absolute atomic E-state index is 0.299. The van der Waals surface area contributed by atoms with Crippen LogP contribution in [0, 0.1) is 0 Å². The fraction of sp³-hybridized carbons (Fsp3) is 0.238. The number of anilines is 2. The number of carbonyl (C=O) groups is 1. The van der Waals surface area contributed by atoms with Crippen molar-refractivity contribution in [3.05, 3.63) is 53.7 Å². The van der Waals surface area contributed by atoms with E-state index in [4.69, 9.17) is 20.9 Å². The fourth-order valence-electron chi connectivity index (χ4n) is 3.05. The number of pyridine rings is 1. The van der Waals surface area contributed by atoms with Gasteiger partial charge in [0.05, 0.1) is 23.9 Å². The maximum Gasteiger partial charge on any atom is 0.252 e. The average molecular weight is 380 g/mol. The van der Waals surface area contributed by atoms with Crippen molar-refractivity contribution in [2.75, 3.05) is 25.6 Å². The van der Waals surface area contributed by atoms with Crippen LogP contribution in [0.25, 0.3) is 10.9 Å². The van der Waals surface area contributed by atoms with Gasteiger partial charge in [0.2, 0.25) is 0 Å². The molecule has 0 atom stereocenters. The molecule has 7 nitrogen and oxygen atoms in total. The van der Waals surface area contributed by atoms with Crippen LogP contribution in [-0.4, -0.2) is 31.2 Å². The van der Waals surface area contributed by atoms with E-state index in [1.54, 1.807) is 19.2 Å². The number of amides is 1. The molecular weight excluding hydrogens is 356 g/mol. The highest BCUT2D eigenvalue weighted by Crippen LogP contribution is 2.37. The van der Waals surface area contributed by atoms with E-state index in [0.717, 1.165) is 17.7 Å². The summed E-state index contributed by atoms with van der Waals surface area (Å²) in [6.07, 6.45) is 2.32. The number of aryl methyl sites for hydroxylation is 1. The SMILES string of the molecule is CCc1ccccc1Nc1c(C(N)=O)cnc2cc(OC)c(OCCN)cc12. The number of nitrogens with one attached hydrogen (secondary N) is 1. The van der Waals surface area contributed by atoms with Crippen molar-refractivity contribution < 1.29 is 14.3 Å². The summed E-state index contributed by atoms with van der Waals surface area (Å²) in [6.45, 7) is 2.78. The van der Waals surface area contributed by atoms with E-state index in [9.17, 15) is 4.79 Å². The molecule has 0 unspecified atom stereocenters. The van der Waals surface area contributed by atoms with Crippen LogP contribution < -0.4 is 26.3 Å². The second-order valence-electron chi connectivity index (χ2n) is 6.20. The molecule has 1 heterocycles. The lowest BCUT2D eigenvalue weighted by atomic mass is 10.1. The summed E-state index contributed by atoms with van der Waals surface area (Å²) >= 11 is 0. The van der Waals surface area contributed by atoms with Crippen molar-refractivity contribution >= 4 is 28.2 Å². The molecule has 1 aromatic heterocycles. The first kappa shape index (κ1) is 19.4. The highest BCUT2D eigenvalue weighted by molar-refractivity contribution is 6.08. The van der Waals surface area contributed by atoms with Gasteiger partial charge in [0.25, 0.3) is 5.91 Å². The summed E-state index contributed by atoms with van der Waals surface area (Å²) in [5, 5.41) is 4.08. The minimum atomic E-state index is -0.564. The van der Waals surface area contributed by atoms with Gasteiger partial charge in [0.1, 0.15) is 6.61 Å². The lowest BCUT2D eigenvalue weighted by Crippen LogP contribution is -2.15. The van der Waals surface area contributed by atoms with Gasteiger partial charge in [0, 0.05) is 29.9 Å². The van der Waals surface area contributed by atoms with Crippen LogP contribution in [0.15, 0.2) is 42.6 Å².